The third-order valence-corrected chi connectivity index (χ3v) is 9.44. The number of halogens is 1. The fourth-order valence-electron chi connectivity index (χ4n) is 3.93. The number of hydrogen-bond donors (Lipinski definition) is 9. The summed E-state index contributed by atoms with van der Waals surface area (Å²) in [5.41, 5.74) is 5.72. The number of alkyl halides is 1. The lowest BCUT2D eigenvalue weighted by molar-refractivity contribution is -0.287. The molecule has 2 aliphatic heterocycles. The van der Waals surface area contributed by atoms with Crippen molar-refractivity contribution in [2.24, 2.45) is 0 Å². The molecule has 0 radical (unpaired) electrons. The highest BCUT2D eigenvalue weighted by Gasteiger charge is 2.51. The van der Waals surface area contributed by atoms with Crippen LogP contribution in [0.2, 0.25) is 0 Å². The van der Waals surface area contributed by atoms with Gasteiger partial charge in [-0.1, -0.05) is 5.16 Å². The van der Waals surface area contributed by atoms with E-state index in [0.717, 1.165) is 6.33 Å². The van der Waals surface area contributed by atoms with Crippen LogP contribution in [0.4, 0.5) is 10.2 Å². The Morgan fingerprint density at radius 2 is 1.77 bits per heavy atom. The van der Waals surface area contributed by atoms with Crippen molar-refractivity contribution >= 4 is 43.3 Å². The molecule has 2 aromatic rings. The first-order valence-corrected chi connectivity index (χ1v) is 15.3. The summed E-state index contributed by atoms with van der Waals surface area (Å²) in [6.07, 6.45) is -17.8. The number of fused-ring (bicyclic) bond motifs is 1. The van der Waals surface area contributed by atoms with Crippen LogP contribution in [0, 0.1) is 0 Å². The van der Waals surface area contributed by atoms with Gasteiger partial charge in [0.2, 0.25) is 5.58 Å². The van der Waals surface area contributed by atoms with Gasteiger partial charge in [-0.25, -0.2) is 23.2 Å². The van der Waals surface area contributed by atoms with Gasteiger partial charge >= 0.3 is 14.5 Å². The summed E-state index contributed by atoms with van der Waals surface area (Å²) in [5.74, 6) is -0.0456. The average Bonchev–Trinajstić information content (AvgIpc) is 3.43. The van der Waals surface area contributed by atoms with Crippen LogP contribution in [0.3, 0.4) is 0 Å². The van der Waals surface area contributed by atoms with Crippen molar-refractivity contribution in [1.29, 1.82) is 0 Å². The lowest BCUT2D eigenvalue weighted by Crippen LogP contribution is -2.60. The molecule has 12 atom stereocenters. The van der Waals surface area contributed by atoms with E-state index >= 15 is 0 Å². The van der Waals surface area contributed by atoms with E-state index < -0.39 is 89.0 Å². The molecule has 226 valence electrons. The second-order valence-corrected chi connectivity index (χ2v) is 13.0. The van der Waals surface area contributed by atoms with Crippen LogP contribution in [0.25, 0.3) is 11.1 Å². The Balaban J connectivity index is 1.38. The molecule has 0 aromatic carbocycles. The standard InChI is InChI=1S/C17H25FN4O15P2S/c18-4(1-23)13-11(27)9(25)12(28)17(34-13)36-38(29,30)37-39(31,40)32-2-5-8(24)10(26)14(33-5)7-6-15(35-22-7)16(19)21-3-20-6/h3-5,8-14,17,23-28H,1-2H2,(H,29,30)(H,31,40)(H2,19,20,21)/t4-,5+,8-,9?,10?,11-,12+,13?,14-,17-,39?/m0/s1. The van der Waals surface area contributed by atoms with E-state index in [1.165, 1.54) is 0 Å². The maximum absolute atomic E-state index is 13.9. The van der Waals surface area contributed by atoms with Crippen molar-refractivity contribution in [3.05, 3.63) is 12.0 Å². The predicted molar refractivity (Wildman–Crippen MR) is 127 cm³/mol. The Kier molecular flexibility index (Phi) is 9.55. The van der Waals surface area contributed by atoms with Gasteiger partial charge in [0.05, 0.1) is 13.2 Å². The Labute approximate surface area is 227 Å². The fraction of sp³-hybridized carbons (Fsp3) is 0.706. The summed E-state index contributed by atoms with van der Waals surface area (Å²) in [7, 11) is -5.50. The first-order valence-electron chi connectivity index (χ1n) is 11.2. The van der Waals surface area contributed by atoms with E-state index in [-0.39, 0.29) is 22.6 Å². The molecule has 0 bridgehead atoms. The molecule has 10 N–H and O–H groups in total. The number of rotatable bonds is 10. The largest absolute Gasteiger partial charge is 0.481 e. The normalized spacial score (nSPS) is 36.8. The lowest BCUT2D eigenvalue weighted by atomic mass is 9.96. The van der Waals surface area contributed by atoms with Gasteiger partial charge in [-0.2, -0.15) is 0 Å². The molecule has 0 saturated carbocycles. The van der Waals surface area contributed by atoms with Gasteiger partial charge in [0.1, 0.15) is 66.4 Å². The Morgan fingerprint density at radius 3 is 2.45 bits per heavy atom. The average molecular weight is 638 g/mol. The highest BCUT2D eigenvalue weighted by Crippen LogP contribution is 2.61. The van der Waals surface area contributed by atoms with Gasteiger partial charge in [0.25, 0.3) is 0 Å². The van der Waals surface area contributed by atoms with E-state index in [4.69, 9.17) is 29.4 Å². The molecule has 4 rings (SSSR count). The van der Waals surface area contributed by atoms with Crippen LogP contribution in [0.15, 0.2) is 10.9 Å². The van der Waals surface area contributed by atoms with Gasteiger partial charge in [-0.15, -0.1) is 0 Å². The number of nitrogens with zero attached hydrogens (tertiary/aromatic N) is 3. The maximum atomic E-state index is 13.9. The molecule has 0 aliphatic carbocycles. The molecule has 2 aliphatic rings. The Hall–Kier alpha value is -1.36. The van der Waals surface area contributed by atoms with E-state index in [2.05, 4.69) is 35.8 Å². The second kappa shape index (κ2) is 12.1. The molecule has 0 spiro atoms. The van der Waals surface area contributed by atoms with E-state index in [1.807, 2.05) is 0 Å². The molecular weight excluding hydrogens is 613 g/mol. The third-order valence-electron chi connectivity index (χ3n) is 5.92. The van der Waals surface area contributed by atoms with Crippen LogP contribution >= 0.6 is 14.5 Å². The summed E-state index contributed by atoms with van der Waals surface area (Å²) in [6, 6.07) is 0. The first-order chi connectivity index (χ1) is 18.7. The molecule has 2 aromatic heterocycles. The number of aliphatic hydroxyl groups is 6. The maximum Gasteiger partial charge on any atom is 0.481 e. The zero-order chi connectivity index (χ0) is 29.6. The number of anilines is 1. The van der Waals surface area contributed by atoms with Crippen LogP contribution in [0.5, 0.6) is 0 Å². The van der Waals surface area contributed by atoms with Crippen molar-refractivity contribution in [1.82, 2.24) is 15.1 Å². The van der Waals surface area contributed by atoms with E-state index in [0.29, 0.717) is 0 Å². The van der Waals surface area contributed by atoms with E-state index in [9.17, 15) is 44.3 Å². The summed E-state index contributed by atoms with van der Waals surface area (Å²) in [4.78, 5) is 28.0. The van der Waals surface area contributed by atoms with Crippen molar-refractivity contribution in [2.45, 2.75) is 61.3 Å². The molecule has 2 fully saturated rings. The number of hydrogen-bond acceptors (Lipinski definition) is 18. The van der Waals surface area contributed by atoms with Crippen LogP contribution in [0.1, 0.15) is 11.8 Å². The van der Waals surface area contributed by atoms with Gasteiger partial charge in [0, 0.05) is 0 Å². The first kappa shape index (κ1) is 31.6. The molecule has 40 heavy (non-hydrogen) atoms. The quantitative estimate of drug-likeness (QED) is 0.116. The number of nitrogens with two attached hydrogens (primary N) is 1. The zero-order valence-corrected chi connectivity index (χ0v) is 22.4. The van der Waals surface area contributed by atoms with Crippen LogP contribution in [-0.2, 0) is 39.2 Å². The van der Waals surface area contributed by atoms with Crippen molar-refractivity contribution in [3.63, 3.8) is 0 Å². The van der Waals surface area contributed by atoms with Crippen molar-refractivity contribution in [3.8, 4) is 0 Å². The van der Waals surface area contributed by atoms with Crippen LogP contribution in [-0.4, -0.2) is 124 Å². The van der Waals surface area contributed by atoms with Crippen molar-refractivity contribution < 1.29 is 76.7 Å². The number of aromatic nitrogens is 3. The second-order valence-electron chi connectivity index (χ2n) is 8.64. The monoisotopic (exact) mass is 638 g/mol. The number of aliphatic hydroxyl groups excluding tert-OH is 6. The molecule has 2 saturated heterocycles. The SMILES string of the molecule is Nc1ncnc2c([C@@H]3O[C@H](COP(O)(=S)OP(=O)(O)O[C@@H]4OC([C@@H](F)CO)[C@@H](O)C(O)[C@H]4O)[C@H](O)C3O)noc12. The molecule has 23 heteroatoms. The van der Waals surface area contributed by atoms with Gasteiger partial charge in [-0.05, 0) is 11.8 Å². The molecule has 0 amide bonds. The minimum absolute atomic E-state index is 0.000689. The summed E-state index contributed by atoms with van der Waals surface area (Å²) >= 11 is 4.67. The lowest BCUT2D eigenvalue weighted by Gasteiger charge is -2.41. The number of ether oxygens (including phenoxy) is 2. The van der Waals surface area contributed by atoms with Crippen LogP contribution < -0.4 is 5.73 Å². The summed E-state index contributed by atoms with van der Waals surface area (Å²) in [5, 5.41) is 63.2. The minimum Gasteiger partial charge on any atom is -0.393 e. The molecule has 19 nitrogen and oxygen atoms in total. The summed E-state index contributed by atoms with van der Waals surface area (Å²) in [6.45, 7) is -6.68. The summed E-state index contributed by atoms with van der Waals surface area (Å²) < 4.78 is 55.7. The predicted octanol–water partition coefficient (Wildman–Crippen LogP) is -3.13. The van der Waals surface area contributed by atoms with Gasteiger partial charge < -0.3 is 64.7 Å². The Bertz CT molecular complexity index is 1290. The number of phosphoric ester groups is 1. The minimum atomic E-state index is -5.50. The number of phosphoric acid groups is 1. The zero-order valence-electron chi connectivity index (χ0n) is 19.8. The Morgan fingerprint density at radius 1 is 1.07 bits per heavy atom. The highest BCUT2D eigenvalue weighted by molar-refractivity contribution is 8.08. The van der Waals surface area contributed by atoms with Gasteiger partial charge in [0.15, 0.2) is 18.3 Å². The van der Waals surface area contributed by atoms with Gasteiger partial charge in [-0.3, -0.25) is 4.52 Å². The molecule has 4 heterocycles. The highest BCUT2D eigenvalue weighted by atomic mass is 32.5. The van der Waals surface area contributed by atoms with Crippen molar-refractivity contribution in [2.75, 3.05) is 18.9 Å². The molecule has 5 unspecified atom stereocenters. The number of nitrogen functional groups attached to an aromatic ring is 1. The third kappa shape index (κ3) is 6.50. The molecular formula is C17H25FN4O15P2S. The van der Waals surface area contributed by atoms with E-state index in [1.54, 1.807) is 0 Å². The topological polar surface area (TPSA) is 303 Å². The smallest absolute Gasteiger partial charge is 0.393 e. The fourth-order valence-corrected chi connectivity index (χ4v) is 7.03.